The number of aryl methyl sites for hydroxylation is 2. The van der Waals surface area contributed by atoms with E-state index in [9.17, 15) is 8.42 Å². The van der Waals surface area contributed by atoms with E-state index in [1.165, 1.54) is 24.3 Å². The smallest absolute Gasteiger partial charge is 0.180 e. The van der Waals surface area contributed by atoms with E-state index in [0.29, 0.717) is 12.1 Å². The number of aromatic nitrogens is 2. The zero-order valence-electron chi connectivity index (χ0n) is 11.2. The van der Waals surface area contributed by atoms with Crippen LogP contribution >= 0.6 is 0 Å². The molecule has 0 unspecified atom stereocenters. The van der Waals surface area contributed by atoms with Crippen LogP contribution in [0.5, 0.6) is 0 Å². The van der Waals surface area contributed by atoms with E-state index in [1.807, 2.05) is 17.6 Å². The van der Waals surface area contributed by atoms with Crippen LogP contribution in [0.1, 0.15) is 18.3 Å². The van der Waals surface area contributed by atoms with Crippen LogP contribution in [0.4, 0.5) is 0 Å². The van der Waals surface area contributed by atoms with Gasteiger partial charge in [0.05, 0.1) is 22.3 Å². The Bertz CT molecular complexity index is 725. The Hall–Kier alpha value is -2.13. The summed E-state index contributed by atoms with van der Waals surface area (Å²) >= 11 is 0. The van der Waals surface area contributed by atoms with Gasteiger partial charge in [-0.2, -0.15) is 5.26 Å². The minimum atomic E-state index is -3.34. The first kappa shape index (κ1) is 14.3. The molecule has 0 bridgehead atoms. The molecule has 20 heavy (non-hydrogen) atoms. The minimum absolute atomic E-state index is 0.0161. The standard InChI is InChI=1S/C14H15N3O2S/c1-2-14-16-7-8-17(14)9-10-20(18,19)13-5-3-12(11-15)4-6-13/h3-8H,2,9-10H2,1H3. The van der Waals surface area contributed by atoms with Gasteiger partial charge in [-0.25, -0.2) is 13.4 Å². The minimum Gasteiger partial charge on any atom is -0.334 e. The van der Waals surface area contributed by atoms with Crippen molar-refractivity contribution in [1.82, 2.24) is 9.55 Å². The molecule has 0 aliphatic carbocycles. The molecule has 6 heteroatoms. The monoisotopic (exact) mass is 289 g/mol. The van der Waals surface area contributed by atoms with Gasteiger partial charge < -0.3 is 4.57 Å². The maximum atomic E-state index is 12.2. The van der Waals surface area contributed by atoms with Crippen molar-refractivity contribution in [3.05, 3.63) is 48.0 Å². The number of imidazole rings is 1. The van der Waals surface area contributed by atoms with Gasteiger partial charge in [0.1, 0.15) is 5.82 Å². The Labute approximate surface area is 118 Å². The lowest BCUT2D eigenvalue weighted by Crippen LogP contribution is -2.14. The fourth-order valence-corrected chi connectivity index (χ4v) is 3.15. The first-order valence-electron chi connectivity index (χ1n) is 6.29. The first-order valence-corrected chi connectivity index (χ1v) is 7.95. The third-order valence-corrected chi connectivity index (χ3v) is 4.77. The number of sulfone groups is 1. The van der Waals surface area contributed by atoms with Gasteiger partial charge in [0.25, 0.3) is 0 Å². The second-order valence-electron chi connectivity index (χ2n) is 4.35. The molecule has 0 saturated carbocycles. The quantitative estimate of drug-likeness (QED) is 0.841. The number of benzene rings is 1. The summed E-state index contributed by atoms with van der Waals surface area (Å²) in [5.74, 6) is 0.891. The number of hydrogen-bond acceptors (Lipinski definition) is 4. The first-order chi connectivity index (χ1) is 9.56. The lowest BCUT2D eigenvalue weighted by Gasteiger charge is -2.07. The van der Waals surface area contributed by atoms with Crippen molar-refractivity contribution in [3.63, 3.8) is 0 Å². The summed E-state index contributed by atoms with van der Waals surface area (Å²) in [7, 11) is -3.34. The Balaban J connectivity index is 2.13. The van der Waals surface area contributed by atoms with Crippen LogP contribution in [0.3, 0.4) is 0 Å². The largest absolute Gasteiger partial charge is 0.334 e. The maximum Gasteiger partial charge on any atom is 0.180 e. The van der Waals surface area contributed by atoms with Gasteiger partial charge in [-0.1, -0.05) is 6.92 Å². The molecular formula is C14H15N3O2S. The highest BCUT2D eigenvalue weighted by Gasteiger charge is 2.15. The molecule has 0 atom stereocenters. The molecule has 104 valence electrons. The predicted molar refractivity (Wildman–Crippen MR) is 74.8 cm³/mol. The van der Waals surface area contributed by atoms with Crippen LogP contribution in [0.25, 0.3) is 0 Å². The summed E-state index contributed by atoms with van der Waals surface area (Å²) in [5, 5.41) is 8.71. The van der Waals surface area contributed by atoms with Gasteiger partial charge in [-0.05, 0) is 24.3 Å². The third kappa shape index (κ3) is 3.06. The molecule has 1 heterocycles. The van der Waals surface area contributed by atoms with E-state index in [-0.39, 0.29) is 10.6 Å². The van der Waals surface area contributed by atoms with Crippen molar-refractivity contribution in [2.45, 2.75) is 24.8 Å². The lowest BCUT2D eigenvalue weighted by atomic mass is 10.2. The molecule has 0 spiro atoms. The van der Waals surface area contributed by atoms with E-state index >= 15 is 0 Å². The summed E-state index contributed by atoms with van der Waals surface area (Å²) in [5.41, 5.74) is 0.451. The van der Waals surface area contributed by atoms with Crippen LogP contribution < -0.4 is 0 Å². The van der Waals surface area contributed by atoms with Gasteiger partial charge in [0.2, 0.25) is 0 Å². The second kappa shape index (κ2) is 5.88. The molecule has 0 amide bonds. The van der Waals surface area contributed by atoms with Crippen LogP contribution in [-0.2, 0) is 22.8 Å². The molecule has 0 saturated heterocycles. The highest BCUT2D eigenvalue weighted by atomic mass is 32.2. The number of nitriles is 1. The molecule has 2 rings (SSSR count). The van der Waals surface area contributed by atoms with Gasteiger partial charge in [-0.15, -0.1) is 0 Å². The van der Waals surface area contributed by atoms with Crippen LogP contribution in [0.15, 0.2) is 41.6 Å². The van der Waals surface area contributed by atoms with Gasteiger partial charge in [0, 0.05) is 25.4 Å². The average Bonchev–Trinajstić information content (AvgIpc) is 2.93. The van der Waals surface area contributed by atoms with Crippen molar-refractivity contribution in [1.29, 1.82) is 5.26 Å². The Kier molecular flexibility index (Phi) is 4.20. The van der Waals surface area contributed by atoms with Crippen molar-refractivity contribution in [2.24, 2.45) is 0 Å². The second-order valence-corrected chi connectivity index (χ2v) is 6.45. The fourth-order valence-electron chi connectivity index (χ4n) is 1.93. The van der Waals surface area contributed by atoms with E-state index in [0.717, 1.165) is 12.2 Å². The molecule has 0 N–H and O–H groups in total. The molecule has 1 aromatic heterocycles. The predicted octanol–water partition coefficient (Wildman–Crippen LogP) is 1.79. The Morgan fingerprint density at radius 2 is 2.00 bits per heavy atom. The number of hydrogen-bond donors (Lipinski definition) is 0. The molecule has 0 radical (unpaired) electrons. The molecule has 1 aromatic carbocycles. The fraction of sp³-hybridized carbons (Fsp3) is 0.286. The average molecular weight is 289 g/mol. The Morgan fingerprint density at radius 1 is 1.30 bits per heavy atom. The lowest BCUT2D eigenvalue weighted by molar-refractivity contribution is 0.586. The zero-order chi connectivity index (χ0) is 14.6. The van der Waals surface area contributed by atoms with Crippen molar-refractivity contribution >= 4 is 9.84 Å². The molecule has 0 fully saturated rings. The molecule has 0 aliphatic heterocycles. The van der Waals surface area contributed by atoms with E-state index in [1.54, 1.807) is 12.4 Å². The van der Waals surface area contributed by atoms with Crippen LogP contribution in [-0.4, -0.2) is 23.7 Å². The third-order valence-electron chi connectivity index (χ3n) is 3.06. The van der Waals surface area contributed by atoms with Crippen molar-refractivity contribution in [2.75, 3.05) is 5.75 Å². The van der Waals surface area contributed by atoms with Crippen molar-refractivity contribution in [3.8, 4) is 6.07 Å². The van der Waals surface area contributed by atoms with E-state index in [2.05, 4.69) is 4.98 Å². The highest BCUT2D eigenvalue weighted by molar-refractivity contribution is 7.91. The highest BCUT2D eigenvalue weighted by Crippen LogP contribution is 2.13. The molecular weight excluding hydrogens is 274 g/mol. The summed E-state index contributed by atoms with van der Waals surface area (Å²) < 4.78 is 26.3. The molecule has 5 nitrogen and oxygen atoms in total. The number of nitrogens with zero attached hydrogens (tertiary/aromatic N) is 3. The topological polar surface area (TPSA) is 75.8 Å². The zero-order valence-corrected chi connectivity index (χ0v) is 12.0. The summed E-state index contributed by atoms with van der Waals surface area (Å²) in [6.45, 7) is 2.36. The maximum absolute atomic E-state index is 12.2. The van der Waals surface area contributed by atoms with E-state index < -0.39 is 9.84 Å². The summed E-state index contributed by atoms with van der Waals surface area (Å²) in [4.78, 5) is 4.41. The summed E-state index contributed by atoms with van der Waals surface area (Å²) in [6.07, 6.45) is 4.23. The normalized spacial score (nSPS) is 11.2. The van der Waals surface area contributed by atoms with Gasteiger partial charge in [-0.3, -0.25) is 0 Å². The van der Waals surface area contributed by atoms with Crippen LogP contribution in [0.2, 0.25) is 0 Å². The van der Waals surface area contributed by atoms with E-state index in [4.69, 9.17) is 5.26 Å². The molecule has 2 aromatic rings. The molecule has 0 aliphatic rings. The summed E-state index contributed by atoms with van der Waals surface area (Å²) in [6, 6.07) is 7.95. The Morgan fingerprint density at radius 3 is 2.60 bits per heavy atom. The van der Waals surface area contributed by atoms with Gasteiger partial charge >= 0.3 is 0 Å². The van der Waals surface area contributed by atoms with Crippen molar-refractivity contribution < 1.29 is 8.42 Å². The number of rotatable bonds is 5. The van der Waals surface area contributed by atoms with Gasteiger partial charge in [0.15, 0.2) is 9.84 Å². The SMILES string of the molecule is CCc1nccn1CCS(=O)(=O)c1ccc(C#N)cc1. The van der Waals surface area contributed by atoms with Crippen LogP contribution in [0, 0.1) is 11.3 Å².